The summed E-state index contributed by atoms with van der Waals surface area (Å²) >= 11 is 0. The summed E-state index contributed by atoms with van der Waals surface area (Å²) in [6.45, 7) is 0.788. The highest BCUT2D eigenvalue weighted by Gasteiger charge is 2.38. The van der Waals surface area contributed by atoms with Gasteiger partial charge in [0.1, 0.15) is 12.4 Å². The zero-order valence-corrected chi connectivity index (χ0v) is 18.5. The first kappa shape index (κ1) is 24.2. The summed E-state index contributed by atoms with van der Waals surface area (Å²) in [6, 6.07) is 13.7. The zero-order valence-electron chi connectivity index (χ0n) is 18.5. The first-order valence-electron chi connectivity index (χ1n) is 10.8. The predicted molar refractivity (Wildman–Crippen MR) is 121 cm³/mol. The molecule has 2 heterocycles. The third-order valence-corrected chi connectivity index (χ3v) is 5.36. The fraction of sp³-hybridized carbons (Fsp3) is 0.240. The molecule has 1 aliphatic heterocycles. The molecule has 0 spiro atoms. The largest absolute Gasteiger partial charge is 0.488 e. The normalized spacial score (nSPS) is 13.9. The van der Waals surface area contributed by atoms with E-state index in [1.165, 1.54) is 17.3 Å². The Kier molecular flexibility index (Phi) is 7.31. The number of anilines is 1. The molecule has 0 radical (unpaired) electrons. The summed E-state index contributed by atoms with van der Waals surface area (Å²) in [5.41, 5.74) is -1.10. The maximum atomic E-state index is 14.1. The average molecular weight is 485 g/mol. The van der Waals surface area contributed by atoms with Gasteiger partial charge in [0.15, 0.2) is 0 Å². The molecule has 0 saturated carbocycles. The second kappa shape index (κ2) is 10.6. The van der Waals surface area contributed by atoms with Crippen molar-refractivity contribution in [2.24, 2.45) is 0 Å². The molecule has 1 N–H and O–H groups in total. The summed E-state index contributed by atoms with van der Waals surface area (Å²) in [7, 11) is 0. The lowest BCUT2D eigenvalue weighted by Crippen LogP contribution is -2.41. The van der Waals surface area contributed by atoms with Gasteiger partial charge in [0.25, 0.3) is 11.8 Å². The van der Waals surface area contributed by atoms with Gasteiger partial charge < -0.3 is 19.7 Å². The molecule has 35 heavy (non-hydrogen) atoms. The maximum Gasteiger partial charge on any atom is 0.417 e. The van der Waals surface area contributed by atoms with E-state index in [0.717, 1.165) is 11.6 Å². The molecule has 0 bridgehead atoms. The number of rotatable bonds is 6. The molecule has 1 aliphatic rings. The van der Waals surface area contributed by atoms with E-state index >= 15 is 0 Å². The summed E-state index contributed by atoms with van der Waals surface area (Å²) in [5.74, 6) is -1.76. The van der Waals surface area contributed by atoms with Gasteiger partial charge in [0.2, 0.25) is 0 Å². The molecule has 4 rings (SSSR count). The highest BCUT2D eigenvalue weighted by Crippen LogP contribution is 2.37. The number of hydrogen-bond acceptors (Lipinski definition) is 5. The third-order valence-electron chi connectivity index (χ3n) is 5.36. The third kappa shape index (κ3) is 5.96. The maximum absolute atomic E-state index is 14.1. The van der Waals surface area contributed by atoms with E-state index in [-0.39, 0.29) is 44.2 Å². The molecule has 1 aromatic heterocycles. The number of pyridine rings is 1. The number of morpholine rings is 1. The van der Waals surface area contributed by atoms with Crippen LogP contribution in [-0.4, -0.2) is 48.0 Å². The number of alkyl halides is 3. The Morgan fingerprint density at radius 1 is 1.03 bits per heavy atom. The van der Waals surface area contributed by atoms with Crippen LogP contribution >= 0.6 is 0 Å². The van der Waals surface area contributed by atoms with Crippen LogP contribution in [0.2, 0.25) is 0 Å². The number of aromatic nitrogens is 1. The van der Waals surface area contributed by atoms with Crippen LogP contribution in [0.3, 0.4) is 0 Å². The van der Waals surface area contributed by atoms with E-state index in [0.29, 0.717) is 11.8 Å². The standard InChI is InChI=1S/C25H22F3N3O4/c26-25(27,28)21-13-20(23(32)30-18-7-4-8-29-15-18)22(35-16-17-5-2-1-3-6-17)14-19(21)24(33)31-9-11-34-12-10-31/h1-8,13-15H,9-12,16H2,(H,30,32). The summed E-state index contributed by atoms with van der Waals surface area (Å²) in [4.78, 5) is 31.3. The van der Waals surface area contributed by atoms with E-state index < -0.39 is 29.1 Å². The fourth-order valence-corrected chi connectivity index (χ4v) is 3.60. The first-order chi connectivity index (χ1) is 16.8. The molecule has 1 fully saturated rings. The minimum atomic E-state index is -4.88. The van der Waals surface area contributed by atoms with E-state index in [1.54, 1.807) is 36.4 Å². The van der Waals surface area contributed by atoms with E-state index in [1.807, 2.05) is 6.07 Å². The molecular formula is C25H22F3N3O4. The molecule has 0 unspecified atom stereocenters. The van der Waals surface area contributed by atoms with Gasteiger partial charge in [-0.05, 0) is 29.8 Å². The predicted octanol–water partition coefficient (Wildman–Crippen LogP) is 4.40. The lowest BCUT2D eigenvalue weighted by molar-refractivity contribution is -0.138. The van der Waals surface area contributed by atoms with Gasteiger partial charge >= 0.3 is 6.18 Å². The number of nitrogens with one attached hydrogen (secondary N) is 1. The molecule has 2 aromatic carbocycles. The molecule has 2 amide bonds. The Labute approximate surface area is 199 Å². The number of carbonyl (C=O) groups excluding carboxylic acids is 2. The number of hydrogen-bond donors (Lipinski definition) is 1. The summed E-state index contributed by atoms with van der Waals surface area (Å²) < 4.78 is 53.1. The van der Waals surface area contributed by atoms with Crippen molar-refractivity contribution >= 4 is 17.5 Å². The van der Waals surface area contributed by atoms with Crippen molar-refractivity contribution in [3.05, 3.63) is 89.2 Å². The fourth-order valence-electron chi connectivity index (χ4n) is 3.60. The minimum Gasteiger partial charge on any atom is -0.488 e. The number of halogens is 3. The van der Waals surface area contributed by atoms with Gasteiger partial charge in [0, 0.05) is 19.3 Å². The SMILES string of the molecule is O=C(Nc1cccnc1)c1cc(C(F)(F)F)c(C(=O)N2CCOCC2)cc1OCc1ccccc1. The van der Waals surface area contributed by atoms with Crippen molar-refractivity contribution in [1.82, 2.24) is 9.88 Å². The summed E-state index contributed by atoms with van der Waals surface area (Å²) in [6.07, 6.45) is -2.01. The lowest BCUT2D eigenvalue weighted by Gasteiger charge is -2.28. The van der Waals surface area contributed by atoms with Gasteiger partial charge in [-0.1, -0.05) is 30.3 Å². The van der Waals surface area contributed by atoms with Crippen LogP contribution in [0.1, 0.15) is 31.8 Å². The van der Waals surface area contributed by atoms with Crippen LogP contribution in [0, 0.1) is 0 Å². The van der Waals surface area contributed by atoms with Crippen molar-refractivity contribution in [3.8, 4) is 5.75 Å². The van der Waals surface area contributed by atoms with E-state index in [9.17, 15) is 22.8 Å². The molecule has 0 aliphatic carbocycles. The highest BCUT2D eigenvalue weighted by molar-refractivity contribution is 6.07. The van der Waals surface area contributed by atoms with Crippen LogP contribution in [-0.2, 0) is 17.5 Å². The van der Waals surface area contributed by atoms with Crippen molar-refractivity contribution in [2.75, 3.05) is 31.6 Å². The molecule has 0 atom stereocenters. The number of nitrogens with zero attached hydrogens (tertiary/aromatic N) is 2. The Bertz CT molecular complexity index is 1180. The average Bonchev–Trinajstić information content (AvgIpc) is 2.87. The van der Waals surface area contributed by atoms with Crippen LogP contribution in [0.15, 0.2) is 67.0 Å². The second-order valence-electron chi connectivity index (χ2n) is 7.77. The minimum absolute atomic E-state index is 0.00936. The Balaban J connectivity index is 1.76. The van der Waals surface area contributed by atoms with Gasteiger partial charge in [-0.25, -0.2) is 0 Å². The molecule has 1 saturated heterocycles. The van der Waals surface area contributed by atoms with Crippen molar-refractivity contribution in [3.63, 3.8) is 0 Å². The molecule has 182 valence electrons. The van der Waals surface area contributed by atoms with Gasteiger partial charge in [0.05, 0.1) is 41.8 Å². The highest BCUT2D eigenvalue weighted by atomic mass is 19.4. The smallest absolute Gasteiger partial charge is 0.417 e. The first-order valence-corrected chi connectivity index (χ1v) is 10.8. The van der Waals surface area contributed by atoms with Crippen molar-refractivity contribution in [2.45, 2.75) is 12.8 Å². The van der Waals surface area contributed by atoms with Crippen LogP contribution in [0.25, 0.3) is 0 Å². The molecule has 7 nitrogen and oxygen atoms in total. The van der Waals surface area contributed by atoms with Gasteiger partial charge in [-0.2, -0.15) is 13.2 Å². The molecule has 10 heteroatoms. The molecular weight excluding hydrogens is 463 g/mol. The quantitative estimate of drug-likeness (QED) is 0.560. The second-order valence-corrected chi connectivity index (χ2v) is 7.77. The lowest BCUT2D eigenvalue weighted by atomic mass is 10.00. The van der Waals surface area contributed by atoms with E-state index in [2.05, 4.69) is 10.3 Å². The van der Waals surface area contributed by atoms with Crippen LogP contribution < -0.4 is 10.1 Å². The van der Waals surface area contributed by atoms with Gasteiger partial charge in [-0.15, -0.1) is 0 Å². The van der Waals surface area contributed by atoms with Crippen LogP contribution in [0.5, 0.6) is 5.75 Å². The summed E-state index contributed by atoms with van der Waals surface area (Å²) in [5, 5.41) is 2.53. The number of amides is 2. The number of carbonyl (C=O) groups is 2. The van der Waals surface area contributed by atoms with E-state index in [4.69, 9.17) is 9.47 Å². The molecule has 3 aromatic rings. The Hall–Kier alpha value is -3.92. The Morgan fingerprint density at radius 3 is 2.43 bits per heavy atom. The zero-order chi connectivity index (χ0) is 24.8. The van der Waals surface area contributed by atoms with Gasteiger partial charge in [-0.3, -0.25) is 14.6 Å². The van der Waals surface area contributed by atoms with Crippen molar-refractivity contribution < 1.29 is 32.2 Å². The number of benzene rings is 2. The monoisotopic (exact) mass is 485 g/mol. The topological polar surface area (TPSA) is 80.8 Å². The number of ether oxygens (including phenoxy) is 2. The van der Waals surface area contributed by atoms with Crippen molar-refractivity contribution in [1.29, 1.82) is 0 Å². The van der Waals surface area contributed by atoms with Crippen LogP contribution in [0.4, 0.5) is 18.9 Å². The Morgan fingerprint density at radius 2 is 1.77 bits per heavy atom.